The van der Waals surface area contributed by atoms with Crippen molar-refractivity contribution in [2.24, 2.45) is 5.41 Å². The fourth-order valence-corrected chi connectivity index (χ4v) is 3.02. The van der Waals surface area contributed by atoms with Gasteiger partial charge >= 0.3 is 5.97 Å². The molecule has 1 aromatic rings. The third-order valence-corrected chi connectivity index (χ3v) is 4.45. The highest BCUT2D eigenvalue weighted by molar-refractivity contribution is 5.79. The van der Waals surface area contributed by atoms with Gasteiger partial charge in [0.2, 0.25) is 5.91 Å². The molecule has 1 amide bonds. The number of aromatic nitrogens is 2. The SMILES string of the molecule is COCC[C@]1(C(=O)O)CCCN(C(=O)Cn2nc(C)ccc2=O)C1. The zero-order chi connectivity index (χ0) is 17.7. The Bertz CT molecular complexity index is 672. The summed E-state index contributed by atoms with van der Waals surface area (Å²) in [6.45, 7) is 2.50. The van der Waals surface area contributed by atoms with Crippen LogP contribution in [-0.2, 0) is 20.9 Å². The number of carbonyl (C=O) groups excluding carboxylic acids is 1. The molecule has 1 aliphatic heterocycles. The van der Waals surface area contributed by atoms with E-state index in [0.29, 0.717) is 38.1 Å². The van der Waals surface area contributed by atoms with Crippen molar-refractivity contribution in [1.29, 1.82) is 0 Å². The predicted molar refractivity (Wildman–Crippen MR) is 85.6 cm³/mol. The molecule has 1 N–H and O–H groups in total. The number of methoxy groups -OCH3 is 1. The van der Waals surface area contributed by atoms with Crippen molar-refractivity contribution in [3.63, 3.8) is 0 Å². The summed E-state index contributed by atoms with van der Waals surface area (Å²) in [5.41, 5.74) is -0.703. The van der Waals surface area contributed by atoms with Crippen molar-refractivity contribution < 1.29 is 19.4 Å². The number of aryl methyl sites for hydroxylation is 1. The zero-order valence-electron chi connectivity index (χ0n) is 14.0. The highest BCUT2D eigenvalue weighted by atomic mass is 16.5. The van der Waals surface area contributed by atoms with Crippen LogP contribution in [0.3, 0.4) is 0 Å². The lowest BCUT2D eigenvalue weighted by Gasteiger charge is -2.39. The lowest BCUT2D eigenvalue weighted by molar-refractivity contribution is -0.156. The van der Waals surface area contributed by atoms with Gasteiger partial charge in [-0.2, -0.15) is 5.10 Å². The van der Waals surface area contributed by atoms with Crippen LogP contribution in [0.2, 0.25) is 0 Å². The quantitative estimate of drug-likeness (QED) is 0.800. The van der Waals surface area contributed by atoms with Crippen molar-refractivity contribution in [3.05, 3.63) is 28.2 Å². The van der Waals surface area contributed by atoms with Crippen LogP contribution in [0.25, 0.3) is 0 Å². The molecule has 132 valence electrons. The lowest BCUT2D eigenvalue weighted by atomic mass is 9.77. The second kappa shape index (κ2) is 7.57. The molecule has 1 atom stereocenters. The summed E-state index contributed by atoms with van der Waals surface area (Å²) >= 11 is 0. The molecule has 0 saturated carbocycles. The Hall–Kier alpha value is -2.22. The van der Waals surface area contributed by atoms with Gasteiger partial charge in [-0.1, -0.05) is 0 Å². The van der Waals surface area contributed by atoms with Crippen molar-refractivity contribution in [2.45, 2.75) is 32.7 Å². The van der Waals surface area contributed by atoms with E-state index in [1.807, 2.05) is 0 Å². The van der Waals surface area contributed by atoms with E-state index in [-0.39, 0.29) is 24.6 Å². The molecule has 0 unspecified atom stereocenters. The maximum atomic E-state index is 12.5. The van der Waals surface area contributed by atoms with Crippen LogP contribution in [0.4, 0.5) is 0 Å². The molecule has 1 saturated heterocycles. The molecule has 2 heterocycles. The first-order valence-corrected chi connectivity index (χ1v) is 7.93. The molecule has 8 nitrogen and oxygen atoms in total. The minimum atomic E-state index is -0.991. The highest BCUT2D eigenvalue weighted by Crippen LogP contribution is 2.34. The van der Waals surface area contributed by atoms with E-state index in [2.05, 4.69) is 5.10 Å². The van der Waals surface area contributed by atoms with E-state index in [1.165, 1.54) is 18.1 Å². The Morgan fingerprint density at radius 3 is 2.83 bits per heavy atom. The minimum Gasteiger partial charge on any atom is -0.481 e. The van der Waals surface area contributed by atoms with Crippen LogP contribution < -0.4 is 5.56 Å². The van der Waals surface area contributed by atoms with Gasteiger partial charge in [-0.3, -0.25) is 14.4 Å². The molecular weight excluding hydrogens is 314 g/mol. The Labute approximate surface area is 140 Å². The van der Waals surface area contributed by atoms with Crippen LogP contribution in [0, 0.1) is 12.3 Å². The van der Waals surface area contributed by atoms with Crippen LogP contribution in [0.15, 0.2) is 16.9 Å². The minimum absolute atomic E-state index is 0.130. The van der Waals surface area contributed by atoms with Gasteiger partial charge in [0.05, 0.1) is 11.1 Å². The van der Waals surface area contributed by atoms with Crippen molar-refractivity contribution in [3.8, 4) is 0 Å². The van der Waals surface area contributed by atoms with Gasteiger partial charge in [0.25, 0.3) is 5.56 Å². The average molecular weight is 337 g/mol. The summed E-state index contributed by atoms with van der Waals surface area (Å²) in [4.78, 5) is 37.6. The number of amides is 1. The number of nitrogens with zero attached hydrogens (tertiary/aromatic N) is 3. The second-order valence-corrected chi connectivity index (χ2v) is 6.22. The molecule has 0 spiro atoms. The number of aliphatic carboxylic acids is 1. The molecule has 8 heteroatoms. The number of carboxylic acid groups (broad SMARTS) is 1. The molecule has 0 bridgehead atoms. The largest absolute Gasteiger partial charge is 0.481 e. The number of hydrogen-bond donors (Lipinski definition) is 1. The predicted octanol–water partition coefficient (Wildman–Crippen LogP) is 0.282. The molecule has 0 aliphatic carbocycles. The first-order chi connectivity index (χ1) is 11.4. The van der Waals surface area contributed by atoms with Gasteiger partial charge in [-0.05, 0) is 32.3 Å². The first-order valence-electron chi connectivity index (χ1n) is 7.93. The van der Waals surface area contributed by atoms with E-state index < -0.39 is 11.4 Å². The summed E-state index contributed by atoms with van der Waals surface area (Å²) in [6.07, 6.45) is 1.47. The molecule has 2 rings (SSSR count). The maximum absolute atomic E-state index is 12.5. The van der Waals surface area contributed by atoms with Crippen molar-refractivity contribution in [2.75, 3.05) is 26.8 Å². The Kier molecular flexibility index (Phi) is 5.71. The fourth-order valence-electron chi connectivity index (χ4n) is 3.02. The van der Waals surface area contributed by atoms with E-state index in [0.717, 1.165) is 4.68 Å². The van der Waals surface area contributed by atoms with Gasteiger partial charge < -0.3 is 14.7 Å². The third kappa shape index (κ3) is 4.00. The topological polar surface area (TPSA) is 102 Å². The van der Waals surface area contributed by atoms with Gasteiger partial charge in [-0.25, -0.2) is 4.68 Å². The number of hydrogen-bond acceptors (Lipinski definition) is 5. The van der Waals surface area contributed by atoms with Crippen molar-refractivity contribution >= 4 is 11.9 Å². The zero-order valence-corrected chi connectivity index (χ0v) is 14.0. The number of carboxylic acids is 1. The highest BCUT2D eigenvalue weighted by Gasteiger charge is 2.43. The molecule has 0 aromatic carbocycles. The van der Waals surface area contributed by atoms with Crippen LogP contribution in [0.5, 0.6) is 0 Å². The summed E-state index contributed by atoms with van der Waals surface area (Å²) in [5, 5.41) is 13.7. The second-order valence-electron chi connectivity index (χ2n) is 6.22. The molecule has 24 heavy (non-hydrogen) atoms. The van der Waals surface area contributed by atoms with Gasteiger partial charge in [0, 0.05) is 32.9 Å². The number of likely N-dealkylation sites (tertiary alicyclic amines) is 1. The normalized spacial score (nSPS) is 20.8. The number of rotatable bonds is 6. The molecule has 1 aromatic heterocycles. The fraction of sp³-hybridized carbons (Fsp3) is 0.625. The van der Waals surface area contributed by atoms with Crippen molar-refractivity contribution in [1.82, 2.24) is 14.7 Å². The van der Waals surface area contributed by atoms with Crippen LogP contribution in [0.1, 0.15) is 25.0 Å². The van der Waals surface area contributed by atoms with Gasteiger partial charge in [0.1, 0.15) is 6.54 Å². The number of carbonyl (C=O) groups is 2. The Balaban J connectivity index is 2.13. The molecule has 1 aliphatic rings. The summed E-state index contributed by atoms with van der Waals surface area (Å²) in [5.74, 6) is -1.21. The lowest BCUT2D eigenvalue weighted by Crippen LogP contribution is -2.51. The summed E-state index contributed by atoms with van der Waals surface area (Å²) < 4.78 is 6.13. The molecule has 0 radical (unpaired) electrons. The third-order valence-electron chi connectivity index (χ3n) is 4.45. The molecular formula is C16H23N3O5. The molecule has 1 fully saturated rings. The van der Waals surface area contributed by atoms with E-state index in [1.54, 1.807) is 13.0 Å². The number of piperidine rings is 1. The van der Waals surface area contributed by atoms with E-state index in [4.69, 9.17) is 4.74 Å². The Morgan fingerprint density at radius 1 is 1.42 bits per heavy atom. The summed E-state index contributed by atoms with van der Waals surface area (Å²) in [7, 11) is 1.52. The van der Waals surface area contributed by atoms with Crippen LogP contribution in [-0.4, -0.2) is 58.5 Å². The monoisotopic (exact) mass is 337 g/mol. The van der Waals surface area contributed by atoms with Crippen LogP contribution >= 0.6 is 0 Å². The van der Waals surface area contributed by atoms with E-state index >= 15 is 0 Å². The number of ether oxygens (including phenoxy) is 1. The standard InChI is InChI=1S/C16H23N3O5/c1-12-4-5-13(20)19(17-12)10-14(21)18-8-3-6-16(11-18,15(22)23)7-9-24-2/h4-5H,3,6-11H2,1-2H3,(H,22,23)/t16-/m1/s1. The van der Waals surface area contributed by atoms with Gasteiger partial charge in [0.15, 0.2) is 0 Å². The first kappa shape index (κ1) is 18.1. The van der Waals surface area contributed by atoms with E-state index in [9.17, 15) is 19.5 Å². The smallest absolute Gasteiger partial charge is 0.311 e. The summed E-state index contributed by atoms with van der Waals surface area (Å²) in [6, 6.07) is 2.95. The maximum Gasteiger partial charge on any atom is 0.311 e. The van der Waals surface area contributed by atoms with Gasteiger partial charge in [-0.15, -0.1) is 0 Å². The Morgan fingerprint density at radius 2 is 2.17 bits per heavy atom. The average Bonchev–Trinajstić information content (AvgIpc) is 2.56.